The van der Waals surface area contributed by atoms with Gasteiger partial charge in [0.05, 0.1) is 6.20 Å². The molecule has 1 amide bonds. The number of amides is 1. The van der Waals surface area contributed by atoms with E-state index >= 15 is 0 Å². The number of hydrogen-bond acceptors (Lipinski definition) is 3. The molecule has 0 N–H and O–H groups in total. The molecule has 0 radical (unpaired) electrons. The van der Waals surface area contributed by atoms with Crippen LogP contribution in [-0.2, 0) is 11.8 Å². The molecule has 5 nitrogen and oxygen atoms in total. The minimum absolute atomic E-state index is 0.289. The zero-order valence-electron chi connectivity index (χ0n) is 15.5. The van der Waals surface area contributed by atoms with Crippen molar-refractivity contribution in [2.45, 2.75) is 39.7 Å². The zero-order chi connectivity index (χ0) is 18.2. The highest BCUT2D eigenvalue weighted by molar-refractivity contribution is 5.79. The van der Waals surface area contributed by atoms with Gasteiger partial charge in [0.15, 0.2) is 0 Å². The fraction of sp³-hybridized carbons (Fsp3) is 0.400. The number of carbonyl (C=O) groups excluding carboxylic acids is 1. The van der Waals surface area contributed by atoms with Crippen molar-refractivity contribution in [1.29, 1.82) is 0 Å². The molecule has 0 saturated carbocycles. The fourth-order valence-corrected chi connectivity index (χ4v) is 2.95. The van der Waals surface area contributed by atoms with E-state index in [0.717, 1.165) is 28.7 Å². The Morgan fingerprint density at radius 2 is 1.88 bits per heavy atom. The highest BCUT2D eigenvalue weighted by Gasteiger charge is 2.25. The fourth-order valence-electron chi connectivity index (χ4n) is 2.95. The van der Waals surface area contributed by atoms with Gasteiger partial charge in [-0.05, 0) is 62.4 Å². The van der Waals surface area contributed by atoms with Crippen molar-refractivity contribution in [3.63, 3.8) is 0 Å². The third kappa shape index (κ3) is 4.10. The van der Waals surface area contributed by atoms with E-state index in [1.165, 1.54) is 5.56 Å². The lowest BCUT2D eigenvalue weighted by molar-refractivity contribution is 0.0349. The number of ether oxygens (including phenoxy) is 1. The summed E-state index contributed by atoms with van der Waals surface area (Å²) in [5.41, 5.74) is 5.23. The molecule has 0 atom stereocenters. The maximum Gasteiger partial charge on any atom is 0.414 e. The van der Waals surface area contributed by atoms with E-state index in [0.29, 0.717) is 6.54 Å². The Balaban J connectivity index is 1.86. The lowest BCUT2D eigenvalue weighted by atomic mass is 9.97. The molecule has 132 valence electrons. The average Bonchev–Trinajstić information content (AvgIpc) is 3.13. The molecule has 0 unspecified atom stereocenters. The molecular formula is C20H25N3O2. The molecule has 0 spiro atoms. The number of benzene rings is 1. The summed E-state index contributed by atoms with van der Waals surface area (Å²) in [7, 11) is 1.92. The van der Waals surface area contributed by atoms with E-state index in [2.05, 4.69) is 30.2 Å². The summed E-state index contributed by atoms with van der Waals surface area (Å²) in [6, 6.07) is 6.47. The monoisotopic (exact) mass is 339 g/mol. The van der Waals surface area contributed by atoms with Crippen molar-refractivity contribution in [2.75, 3.05) is 6.54 Å². The van der Waals surface area contributed by atoms with Crippen LogP contribution in [0.1, 0.15) is 38.3 Å². The van der Waals surface area contributed by atoms with Gasteiger partial charge in [0.2, 0.25) is 0 Å². The molecule has 2 heterocycles. The normalized spacial score (nSPS) is 14.6. The lowest BCUT2D eigenvalue weighted by Crippen LogP contribution is -2.32. The van der Waals surface area contributed by atoms with E-state index in [-0.39, 0.29) is 6.09 Å². The number of hydrogen-bond donors (Lipinski definition) is 0. The molecule has 2 aromatic rings. The molecule has 0 fully saturated rings. The first-order valence-corrected chi connectivity index (χ1v) is 8.53. The van der Waals surface area contributed by atoms with E-state index in [9.17, 15) is 4.79 Å². The number of aromatic nitrogens is 2. The molecule has 0 aliphatic carbocycles. The second-order valence-corrected chi connectivity index (χ2v) is 7.57. The quantitative estimate of drug-likeness (QED) is 0.816. The van der Waals surface area contributed by atoms with Gasteiger partial charge < -0.3 is 4.74 Å². The second-order valence-electron chi connectivity index (χ2n) is 7.57. The SMILES string of the molecule is Cc1cc(C2=CN(C(=O)OC(C)(C)C)CC2)cc(-c2cnn(C)c2)c1. The van der Waals surface area contributed by atoms with E-state index < -0.39 is 5.60 Å². The van der Waals surface area contributed by atoms with Crippen LogP contribution in [0.4, 0.5) is 4.79 Å². The summed E-state index contributed by atoms with van der Waals surface area (Å²) in [5, 5.41) is 4.25. The molecular weight excluding hydrogens is 314 g/mol. The second kappa shape index (κ2) is 6.39. The maximum atomic E-state index is 12.2. The van der Waals surface area contributed by atoms with Crippen molar-refractivity contribution in [2.24, 2.45) is 7.05 Å². The van der Waals surface area contributed by atoms with Crippen LogP contribution in [0.5, 0.6) is 0 Å². The first-order valence-electron chi connectivity index (χ1n) is 8.53. The van der Waals surface area contributed by atoms with Gasteiger partial charge in [-0.3, -0.25) is 9.58 Å². The van der Waals surface area contributed by atoms with Crippen LogP contribution >= 0.6 is 0 Å². The van der Waals surface area contributed by atoms with Crippen molar-refractivity contribution in [3.8, 4) is 11.1 Å². The number of aryl methyl sites for hydroxylation is 2. The van der Waals surface area contributed by atoms with E-state index in [1.807, 2.05) is 46.4 Å². The molecule has 3 rings (SSSR count). The highest BCUT2D eigenvalue weighted by atomic mass is 16.6. The Bertz CT molecular complexity index is 828. The molecule has 1 aliphatic rings. The van der Waals surface area contributed by atoms with Gasteiger partial charge in [-0.25, -0.2) is 4.79 Å². The topological polar surface area (TPSA) is 47.4 Å². The third-order valence-electron chi connectivity index (χ3n) is 4.05. The maximum absolute atomic E-state index is 12.2. The predicted molar refractivity (Wildman–Crippen MR) is 98.9 cm³/mol. The van der Waals surface area contributed by atoms with Gasteiger partial charge in [-0.15, -0.1) is 0 Å². The number of carbonyl (C=O) groups is 1. The summed E-state index contributed by atoms with van der Waals surface area (Å²) in [6.45, 7) is 8.38. The molecule has 5 heteroatoms. The first kappa shape index (κ1) is 17.3. The summed E-state index contributed by atoms with van der Waals surface area (Å²) in [4.78, 5) is 13.9. The van der Waals surface area contributed by atoms with Crippen molar-refractivity contribution in [1.82, 2.24) is 14.7 Å². The Labute approximate surface area is 148 Å². The summed E-state index contributed by atoms with van der Waals surface area (Å²) in [5.74, 6) is 0. The van der Waals surface area contributed by atoms with Crippen molar-refractivity contribution >= 4 is 11.7 Å². The van der Waals surface area contributed by atoms with Crippen LogP contribution in [0.2, 0.25) is 0 Å². The predicted octanol–water partition coefficient (Wildman–Crippen LogP) is 4.38. The van der Waals surface area contributed by atoms with E-state index in [1.54, 1.807) is 9.58 Å². The molecule has 1 aromatic carbocycles. The average molecular weight is 339 g/mol. The first-order chi connectivity index (χ1) is 11.7. The largest absolute Gasteiger partial charge is 0.443 e. The highest BCUT2D eigenvalue weighted by Crippen LogP contribution is 2.30. The van der Waals surface area contributed by atoms with Gasteiger partial charge in [-0.1, -0.05) is 12.1 Å². The van der Waals surface area contributed by atoms with Gasteiger partial charge in [0, 0.05) is 31.6 Å². The van der Waals surface area contributed by atoms with Crippen LogP contribution in [0.3, 0.4) is 0 Å². The van der Waals surface area contributed by atoms with Crippen LogP contribution in [0.15, 0.2) is 36.8 Å². The molecule has 1 aromatic heterocycles. The van der Waals surface area contributed by atoms with Gasteiger partial charge in [-0.2, -0.15) is 5.10 Å². The molecule has 1 aliphatic heterocycles. The minimum Gasteiger partial charge on any atom is -0.443 e. The van der Waals surface area contributed by atoms with Crippen LogP contribution < -0.4 is 0 Å². The van der Waals surface area contributed by atoms with Gasteiger partial charge in [0.25, 0.3) is 0 Å². The molecule has 0 saturated heterocycles. The minimum atomic E-state index is -0.482. The van der Waals surface area contributed by atoms with Gasteiger partial charge >= 0.3 is 6.09 Å². The summed E-state index contributed by atoms with van der Waals surface area (Å²) < 4.78 is 7.26. The lowest BCUT2D eigenvalue weighted by Gasteiger charge is -2.23. The summed E-state index contributed by atoms with van der Waals surface area (Å²) in [6.07, 6.45) is 6.33. The van der Waals surface area contributed by atoms with Gasteiger partial charge in [0.1, 0.15) is 5.60 Å². The Kier molecular flexibility index (Phi) is 4.41. The Morgan fingerprint density at radius 1 is 1.16 bits per heavy atom. The molecule has 0 bridgehead atoms. The van der Waals surface area contributed by atoms with Crippen LogP contribution in [-0.4, -0.2) is 32.9 Å². The van der Waals surface area contributed by atoms with Crippen molar-refractivity contribution in [3.05, 3.63) is 47.9 Å². The van der Waals surface area contributed by atoms with Crippen LogP contribution in [0, 0.1) is 6.92 Å². The Morgan fingerprint density at radius 3 is 2.52 bits per heavy atom. The van der Waals surface area contributed by atoms with E-state index in [4.69, 9.17) is 4.74 Å². The molecule has 25 heavy (non-hydrogen) atoms. The standard InChI is InChI=1S/C20H25N3O2/c1-14-8-16(10-17(9-14)18-11-21-22(5)12-18)15-6-7-23(13-15)19(24)25-20(2,3)4/h8-13H,6-7H2,1-5H3. The van der Waals surface area contributed by atoms with Crippen LogP contribution in [0.25, 0.3) is 16.7 Å². The third-order valence-corrected chi connectivity index (χ3v) is 4.05. The number of rotatable bonds is 2. The van der Waals surface area contributed by atoms with Crippen molar-refractivity contribution < 1.29 is 9.53 Å². The zero-order valence-corrected chi connectivity index (χ0v) is 15.5. The number of nitrogens with zero attached hydrogens (tertiary/aromatic N) is 3. The summed E-state index contributed by atoms with van der Waals surface area (Å²) >= 11 is 0. The Hall–Kier alpha value is -2.56. The smallest absolute Gasteiger partial charge is 0.414 e.